The number of hydrogen-bond donors (Lipinski definition) is 1. The van der Waals surface area contributed by atoms with Crippen LogP contribution in [-0.4, -0.2) is 64.0 Å². The van der Waals surface area contributed by atoms with Crippen molar-refractivity contribution in [2.45, 2.75) is 32.3 Å². The number of thiocarbonyl (C=S) groups is 1. The van der Waals surface area contributed by atoms with E-state index in [1.165, 1.54) is 16.2 Å². The van der Waals surface area contributed by atoms with Crippen molar-refractivity contribution < 1.29 is 14.3 Å². The second-order valence-corrected chi connectivity index (χ2v) is 9.44. The zero-order valence-electron chi connectivity index (χ0n) is 18.1. The fourth-order valence-corrected chi connectivity index (χ4v) is 5.07. The SMILES string of the molecule is COCCCN1C(=O)/C(=C/c2c(NC[C@@H]3CCCO3)nc3c(C)cccn3c2=O)SC1=S. The van der Waals surface area contributed by atoms with Crippen molar-refractivity contribution in [1.29, 1.82) is 0 Å². The van der Waals surface area contributed by atoms with E-state index in [4.69, 9.17) is 26.7 Å². The third-order valence-corrected chi connectivity index (χ3v) is 6.86. The Hall–Kier alpha value is -2.27. The maximum atomic E-state index is 13.4. The molecule has 0 saturated carbocycles. The first kappa shape index (κ1) is 22.9. The quantitative estimate of drug-likeness (QED) is 0.355. The maximum Gasteiger partial charge on any atom is 0.267 e. The van der Waals surface area contributed by atoms with Crippen LogP contribution in [0.4, 0.5) is 5.82 Å². The monoisotopic (exact) mass is 474 g/mol. The number of aromatic nitrogens is 2. The van der Waals surface area contributed by atoms with Gasteiger partial charge in [0.25, 0.3) is 11.5 Å². The Bertz CT molecular complexity index is 1120. The van der Waals surface area contributed by atoms with Crippen molar-refractivity contribution in [2.75, 3.05) is 38.7 Å². The van der Waals surface area contributed by atoms with Gasteiger partial charge in [-0.25, -0.2) is 4.98 Å². The molecule has 0 spiro atoms. The second-order valence-electron chi connectivity index (χ2n) is 7.76. The van der Waals surface area contributed by atoms with Gasteiger partial charge in [-0.15, -0.1) is 0 Å². The Morgan fingerprint density at radius 1 is 1.44 bits per heavy atom. The van der Waals surface area contributed by atoms with Crippen LogP contribution in [-0.2, 0) is 14.3 Å². The van der Waals surface area contributed by atoms with Gasteiger partial charge in [0, 0.05) is 39.6 Å². The number of nitrogens with zero attached hydrogens (tertiary/aromatic N) is 3. The van der Waals surface area contributed by atoms with Gasteiger partial charge in [-0.05, 0) is 43.9 Å². The summed E-state index contributed by atoms with van der Waals surface area (Å²) in [6, 6.07) is 3.72. The van der Waals surface area contributed by atoms with Crippen LogP contribution < -0.4 is 10.9 Å². The number of anilines is 1. The lowest BCUT2D eigenvalue weighted by Gasteiger charge is -2.15. The Kier molecular flexibility index (Phi) is 7.24. The second kappa shape index (κ2) is 10.1. The smallest absolute Gasteiger partial charge is 0.267 e. The zero-order valence-corrected chi connectivity index (χ0v) is 19.8. The maximum absolute atomic E-state index is 13.4. The number of nitrogens with one attached hydrogen (secondary N) is 1. The molecule has 2 fully saturated rings. The number of fused-ring (bicyclic) bond motifs is 1. The summed E-state index contributed by atoms with van der Waals surface area (Å²) in [7, 11) is 1.62. The van der Waals surface area contributed by atoms with Gasteiger partial charge in [-0.1, -0.05) is 30.0 Å². The van der Waals surface area contributed by atoms with Gasteiger partial charge in [-0.2, -0.15) is 0 Å². The van der Waals surface area contributed by atoms with E-state index in [-0.39, 0.29) is 17.6 Å². The third-order valence-electron chi connectivity index (χ3n) is 5.48. The molecule has 1 atom stereocenters. The molecule has 0 radical (unpaired) electrons. The highest BCUT2D eigenvalue weighted by molar-refractivity contribution is 8.26. The van der Waals surface area contributed by atoms with Gasteiger partial charge >= 0.3 is 0 Å². The standard InChI is InChI=1S/C22H26N4O4S2/c1-14-6-3-8-25-19(14)24-18(23-13-15-7-4-11-30-15)16(20(25)27)12-17-21(28)26(22(31)32-17)9-5-10-29-2/h3,6,8,12,15,23H,4-5,7,9-11,13H2,1-2H3/b17-12-/t15-/m0/s1. The van der Waals surface area contributed by atoms with Crippen LogP contribution in [0.1, 0.15) is 30.4 Å². The predicted molar refractivity (Wildman–Crippen MR) is 130 cm³/mol. The molecule has 4 rings (SSSR count). The number of aryl methyl sites for hydroxylation is 1. The molecule has 0 aliphatic carbocycles. The molecule has 2 aromatic heterocycles. The average molecular weight is 475 g/mol. The van der Waals surface area contributed by atoms with Crippen molar-refractivity contribution in [1.82, 2.24) is 14.3 Å². The molecular formula is C22H26N4O4S2. The molecule has 8 nitrogen and oxygen atoms in total. The molecule has 2 aromatic rings. The third kappa shape index (κ3) is 4.73. The largest absolute Gasteiger partial charge is 0.385 e. The Balaban J connectivity index is 1.70. The minimum atomic E-state index is -0.238. The molecule has 1 amide bonds. The number of carbonyl (C=O) groups excluding carboxylic acids is 1. The Morgan fingerprint density at radius 3 is 3.03 bits per heavy atom. The van der Waals surface area contributed by atoms with E-state index in [0.717, 1.165) is 25.0 Å². The summed E-state index contributed by atoms with van der Waals surface area (Å²) in [5.74, 6) is 0.249. The highest BCUT2D eigenvalue weighted by atomic mass is 32.2. The van der Waals surface area contributed by atoms with Crippen LogP contribution in [0.5, 0.6) is 0 Å². The summed E-state index contributed by atoms with van der Waals surface area (Å²) in [6.45, 7) is 4.23. The number of amides is 1. The highest BCUT2D eigenvalue weighted by Crippen LogP contribution is 2.33. The number of pyridine rings is 1. The first-order chi connectivity index (χ1) is 15.5. The first-order valence-electron chi connectivity index (χ1n) is 10.6. The summed E-state index contributed by atoms with van der Waals surface area (Å²) in [5.41, 5.74) is 1.57. The number of ether oxygens (including phenoxy) is 2. The van der Waals surface area contributed by atoms with Crippen molar-refractivity contribution in [2.24, 2.45) is 0 Å². The van der Waals surface area contributed by atoms with E-state index in [1.54, 1.807) is 24.3 Å². The fourth-order valence-electron chi connectivity index (χ4n) is 3.78. The van der Waals surface area contributed by atoms with Gasteiger partial charge in [0.05, 0.1) is 16.6 Å². The molecule has 32 heavy (non-hydrogen) atoms. The Morgan fingerprint density at radius 2 is 2.28 bits per heavy atom. The number of methoxy groups -OCH3 is 1. The van der Waals surface area contributed by atoms with Crippen LogP contribution in [0, 0.1) is 6.92 Å². The highest BCUT2D eigenvalue weighted by Gasteiger charge is 2.32. The molecule has 4 heterocycles. The summed E-state index contributed by atoms with van der Waals surface area (Å²) < 4.78 is 12.8. The number of carbonyl (C=O) groups is 1. The van der Waals surface area contributed by atoms with Crippen LogP contribution in [0.3, 0.4) is 0 Å². The molecule has 1 N–H and O–H groups in total. The van der Waals surface area contributed by atoms with E-state index in [9.17, 15) is 9.59 Å². The topological polar surface area (TPSA) is 85.2 Å². The van der Waals surface area contributed by atoms with Crippen molar-refractivity contribution in [3.05, 3.63) is 44.7 Å². The minimum absolute atomic E-state index is 0.0824. The first-order valence-corrected chi connectivity index (χ1v) is 11.8. The number of hydrogen-bond acceptors (Lipinski definition) is 8. The zero-order chi connectivity index (χ0) is 22.7. The number of thioether (sulfide) groups is 1. The van der Waals surface area contributed by atoms with E-state index in [0.29, 0.717) is 52.4 Å². The fraction of sp³-hybridized carbons (Fsp3) is 0.455. The summed E-state index contributed by atoms with van der Waals surface area (Å²) in [5, 5.41) is 3.29. The van der Waals surface area contributed by atoms with E-state index in [2.05, 4.69) is 5.32 Å². The average Bonchev–Trinajstić information content (AvgIpc) is 3.39. The minimum Gasteiger partial charge on any atom is -0.385 e. The van der Waals surface area contributed by atoms with E-state index in [1.807, 2.05) is 19.1 Å². The van der Waals surface area contributed by atoms with E-state index >= 15 is 0 Å². The normalized spacial score (nSPS) is 20.1. The van der Waals surface area contributed by atoms with Crippen LogP contribution >= 0.6 is 24.0 Å². The van der Waals surface area contributed by atoms with Crippen molar-refractivity contribution >= 4 is 51.7 Å². The van der Waals surface area contributed by atoms with Gasteiger partial charge in [0.1, 0.15) is 15.8 Å². The molecule has 2 aliphatic rings. The molecule has 2 aliphatic heterocycles. The number of rotatable bonds is 8. The molecule has 0 bridgehead atoms. The predicted octanol–water partition coefficient (Wildman–Crippen LogP) is 2.83. The summed E-state index contributed by atoms with van der Waals surface area (Å²) in [4.78, 5) is 33.1. The van der Waals surface area contributed by atoms with Crippen LogP contribution in [0.15, 0.2) is 28.0 Å². The molecule has 0 unspecified atom stereocenters. The lowest BCUT2D eigenvalue weighted by molar-refractivity contribution is -0.122. The Labute approximate surface area is 196 Å². The molecule has 2 saturated heterocycles. The van der Waals surface area contributed by atoms with Crippen molar-refractivity contribution in [3.63, 3.8) is 0 Å². The van der Waals surface area contributed by atoms with Crippen LogP contribution in [0.25, 0.3) is 11.7 Å². The molecule has 0 aromatic carbocycles. The van der Waals surface area contributed by atoms with Gasteiger partial charge in [0.2, 0.25) is 0 Å². The lowest BCUT2D eigenvalue weighted by atomic mass is 10.2. The van der Waals surface area contributed by atoms with E-state index < -0.39 is 0 Å². The summed E-state index contributed by atoms with van der Waals surface area (Å²) in [6.07, 6.45) is 6.06. The molecule has 170 valence electrons. The molecule has 10 heteroatoms. The molecular weight excluding hydrogens is 448 g/mol. The van der Waals surface area contributed by atoms with Crippen molar-refractivity contribution in [3.8, 4) is 0 Å². The van der Waals surface area contributed by atoms with Gasteiger partial charge < -0.3 is 14.8 Å². The summed E-state index contributed by atoms with van der Waals surface area (Å²) >= 11 is 6.60. The van der Waals surface area contributed by atoms with Gasteiger partial charge in [0.15, 0.2) is 0 Å². The van der Waals surface area contributed by atoms with Crippen LogP contribution in [0.2, 0.25) is 0 Å². The van der Waals surface area contributed by atoms with Gasteiger partial charge in [-0.3, -0.25) is 18.9 Å². The lowest BCUT2D eigenvalue weighted by Crippen LogP contribution is -2.29.